The summed E-state index contributed by atoms with van der Waals surface area (Å²) in [6, 6.07) is 4.56. The Bertz CT molecular complexity index is 468. The second-order valence-electron chi connectivity index (χ2n) is 3.97. The third-order valence-corrected chi connectivity index (χ3v) is 2.61. The van der Waals surface area contributed by atoms with E-state index in [0.29, 0.717) is 23.4 Å². The molecular formula is C13H16IrNO4S-. The molecule has 113 valence electrons. The number of phenolic OH excluding ortho intramolecular Hbond substituents is 1. The van der Waals surface area contributed by atoms with Crippen LogP contribution in [0.5, 0.6) is 5.75 Å². The number of aryl methyl sites for hydroxylation is 1. The summed E-state index contributed by atoms with van der Waals surface area (Å²) in [4.78, 5) is 22.9. The number of Topliss-reactive ketones (excluding diaryl/α,β-unsaturated/α-hetero) is 1. The van der Waals surface area contributed by atoms with Crippen molar-refractivity contribution in [3.8, 4) is 5.75 Å². The molecule has 0 heterocycles. The first-order valence-corrected chi connectivity index (χ1v) is 6.37. The number of phenols is 1. The number of benzene rings is 1. The third-order valence-electron chi connectivity index (χ3n) is 2.41. The van der Waals surface area contributed by atoms with Gasteiger partial charge in [0, 0.05) is 25.7 Å². The molecule has 1 aromatic rings. The van der Waals surface area contributed by atoms with Crippen molar-refractivity contribution in [2.75, 3.05) is 25.5 Å². The number of carbonyl (C=O) groups excluding carboxylic acids is 2. The van der Waals surface area contributed by atoms with E-state index in [1.54, 1.807) is 13.0 Å². The Morgan fingerprint density at radius 2 is 2.05 bits per heavy atom. The van der Waals surface area contributed by atoms with Crippen LogP contribution in [0.15, 0.2) is 18.2 Å². The summed E-state index contributed by atoms with van der Waals surface area (Å²) >= 11 is 4.68. The van der Waals surface area contributed by atoms with Crippen molar-refractivity contribution in [3.05, 3.63) is 29.3 Å². The molecule has 20 heavy (non-hydrogen) atoms. The maximum atomic E-state index is 11.7. The molecule has 0 bridgehead atoms. The van der Waals surface area contributed by atoms with Crippen LogP contribution in [-0.2, 0) is 42.3 Å². The quantitative estimate of drug-likeness (QED) is 0.446. The zero-order chi connectivity index (χ0) is 14.3. The number of hydrogen-bond donors (Lipinski definition) is 2. The predicted molar refractivity (Wildman–Crippen MR) is 73.2 cm³/mol. The van der Waals surface area contributed by atoms with Crippen molar-refractivity contribution in [3.63, 3.8) is 0 Å². The van der Waals surface area contributed by atoms with Crippen LogP contribution in [0.2, 0.25) is 0 Å². The summed E-state index contributed by atoms with van der Waals surface area (Å²) in [7, 11) is 0. The largest absolute Gasteiger partial charge is 0.791 e. The molecule has 2 N–H and O–H groups in total. The first-order valence-electron chi connectivity index (χ1n) is 5.80. The molecule has 0 aliphatic rings. The number of aromatic hydroxyl groups is 1. The zero-order valence-corrected chi connectivity index (χ0v) is 14.2. The van der Waals surface area contributed by atoms with Gasteiger partial charge in [-0.25, -0.2) is 0 Å². The number of rotatable bonds is 7. The van der Waals surface area contributed by atoms with Crippen molar-refractivity contribution in [2.45, 2.75) is 6.92 Å². The average molecular weight is 475 g/mol. The maximum Gasteiger partial charge on any atom is 0.245 e. The Kier molecular flexibility index (Phi) is 9.50. The number of carbonyl (C=O) groups is 2. The SMILES string of the molecule is Cc1cc(C(=O)COCC(=O)NCC[S-])ccc1O.[Ir]. The van der Waals surface area contributed by atoms with Crippen LogP contribution in [0, 0.1) is 6.92 Å². The summed E-state index contributed by atoms with van der Waals surface area (Å²) < 4.78 is 5.02. The van der Waals surface area contributed by atoms with Crippen molar-refractivity contribution >= 4 is 24.3 Å². The van der Waals surface area contributed by atoms with Crippen LogP contribution in [0.1, 0.15) is 15.9 Å². The first-order chi connectivity index (χ1) is 9.04. The van der Waals surface area contributed by atoms with Gasteiger partial charge in [0.05, 0.1) is 0 Å². The van der Waals surface area contributed by atoms with Gasteiger partial charge in [-0.1, -0.05) is 0 Å². The molecule has 1 aromatic carbocycles. The Hall–Kier alpha value is -0.881. The predicted octanol–water partition coefficient (Wildman–Crippen LogP) is 0.561. The second-order valence-corrected chi connectivity index (χ2v) is 4.38. The van der Waals surface area contributed by atoms with E-state index in [9.17, 15) is 14.7 Å². The van der Waals surface area contributed by atoms with E-state index in [-0.39, 0.29) is 50.8 Å². The molecule has 0 atom stereocenters. The minimum absolute atomic E-state index is 0. The molecule has 0 saturated carbocycles. The fourth-order valence-electron chi connectivity index (χ4n) is 1.39. The normalized spacial score (nSPS) is 9.70. The molecule has 0 aliphatic heterocycles. The first kappa shape index (κ1) is 19.1. The van der Waals surface area contributed by atoms with E-state index in [1.807, 2.05) is 0 Å². The molecular weight excluding hydrogens is 458 g/mol. The van der Waals surface area contributed by atoms with Crippen LogP contribution in [-0.4, -0.2) is 42.3 Å². The fourth-order valence-corrected chi connectivity index (χ4v) is 1.49. The average Bonchev–Trinajstić information content (AvgIpc) is 2.39. The molecule has 0 aromatic heterocycles. The minimum Gasteiger partial charge on any atom is -0.791 e. The van der Waals surface area contributed by atoms with Gasteiger partial charge < -0.3 is 27.8 Å². The van der Waals surface area contributed by atoms with Gasteiger partial charge in [-0.2, -0.15) is 5.75 Å². The van der Waals surface area contributed by atoms with Crippen molar-refractivity contribution < 1.29 is 39.5 Å². The summed E-state index contributed by atoms with van der Waals surface area (Å²) in [6.45, 7) is 1.78. The smallest absolute Gasteiger partial charge is 0.245 e. The molecule has 0 unspecified atom stereocenters. The van der Waals surface area contributed by atoms with Gasteiger partial charge in [-0.05, 0) is 37.2 Å². The molecule has 5 nitrogen and oxygen atoms in total. The Labute approximate surface area is 136 Å². The van der Waals surface area contributed by atoms with E-state index in [0.717, 1.165) is 0 Å². The zero-order valence-electron chi connectivity index (χ0n) is 11.0. The molecule has 1 amide bonds. The summed E-state index contributed by atoms with van der Waals surface area (Å²) in [6.07, 6.45) is 0. The van der Waals surface area contributed by atoms with E-state index in [1.165, 1.54) is 12.1 Å². The Morgan fingerprint density at radius 1 is 1.35 bits per heavy atom. The molecule has 1 radical (unpaired) electrons. The molecule has 1 rings (SSSR count). The summed E-state index contributed by atoms with van der Waals surface area (Å²) in [5.41, 5.74) is 1.07. The van der Waals surface area contributed by atoms with E-state index >= 15 is 0 Å². The minimum atomic E-state index is -0.292. The van der Waals surface area contributed by atoms with Gasteiger partial charge in [-0.3, -0.25) is 9.59 Å². The number of nitrogens with one attached hydrogen (secondary N) is 1. The van der Waals surface area contributed by atoms with Gasteiger partial charge >= 0.3 is 0 Å². The number of amides is 1. The van der Waals surface area contributed by atoms with E-state index in [4.69, 9.17) is 4.74 Å². The molecule has 7 heteroatoms. The fraction of sp³-hybridized carbons (Fsp3) is 0.385. The Balaban J connectivity index is 0.00000361. The van der Waals surface area contributed by atoms with Gasteiger partial charge in [0.25, 0.3) is 0 Å². The van der Waals surface area contributed by atoms with Gasteiger partial charge in [0.2, 0.25) is 5.91 Å². The molecule has 0 aliphatic carbocycles. The summed E-state index contributed by atoms with van der Waals surface area (Å²) in [5.74, 6) is 0.0525. The van der Waals surface area contributed by atoms with Crippen LogP contribution in [0.25, 0.3) is 0 Å². The number of hydrogen-bond acceptors (Lipinski definition) is 5. The van der Waals surface area contributed by atoms with Crippen LogP contribution < -0.4 is 5.32 Å². The third kappa shape index (κ3) is 6.52. The van der Waals surface area contributed by atoms with Crippen molar-refractivity contribution in [1.82, 2.24) is 5.32 Å². The summed E-state index contributed by atoms with van der Waals surface area (Å²) in [5, 5.41) is 11.9. The molecule has 0 fully saturated rings. The Morgan fingerprint density at radius 3 is 2.65 bits per heavy atom. The maximum absolute atomic E-state index is 11.7. The van der Waals surface area contributed by atoms with Crippen LogP contribution in [0.3, 0.4) is 0 Å². The second kappa shape index (κ2) is 9.93. The van der Waals surface area contributed by atoms with Gasteiger partial charge in [-0.15, -0.1) is 0 Å². The molecule has 0 spiro atoms. The van der Waals surface area contributed by atoms with Gasteiger partial charge in [0.1, 0.15) is 19.0 Å². The number of ether oxygens (including phenoxy) is 1. The van der Waals surface area contributed by atoms with Crippen LogP contribution in [0.4, 0.5) is 0 Å². The van der Waals surface area contributed by atoms with E-state index < -0.39 is 0 Å². The van der Waals surface area contributed by atoms with Crippen molar-refractivity contribution in [1.29, 1.82) is 0 Å². The van der Waals surface area contributed by atoms with Crippen LogP contribution >= 0.6 is 0 Å². The molecule has 0 saturated heterocycles. The van der Waals surface area contributed by atoms with Gasteiger partial charge in [0.15, 0.2) is 5.78 Å². The van der Waals surface area contributed by atoms with E-state index in [2.05, 4.69) is 17.9 Å². The standard InChI is InChI=1S/C13H17NO4S.Ir/c1-9-6-10(2-3-11(9)15)12(16)7-18-8-13(17)14-4-5-19;/h2-3,6,15,19H,4-5,7-8H2,1H3,(H,14,17);/p-1. The topological polar surface area (TPSA) is 75.6 Å². The number of ketones is 1. The monoisotopic (exact) mass is 475 g/mol. The van der Waals surface area contributed by atoms with Crippen molar-refractivity contribution in [2.24, 2.45) is 0 Å².